The van der Waals surface area contributed by atoms with E-state index in [1.54, 1.807) is 11.0 Å². The number of amides is 1. The molecule has 7 heteroatoms. The standard InChI is InChI=1S/C23H29F3N2O2.C3H8.C2H4/c24-23(25,26)19-5-3-14-7-8-28(11-18(14)9-19)22(29)15-4-6-20(10-15)27-21-16-1-2-17(21)13-30-12-16;1-3-2;1-2/h3,5,9,15-17,20-21,27H,1-2,4,6-8,10-13H2;3H2,1-2H3;1-2H2/t15-,16?,17?,20+,21?;;/m0../s1. The molecule has 0 aromatic heterocycles. The van der Waals surface area contributed by atoms with E-state index in [0.717, 1.165) is 44.1 Å². The largest absolute Gasteiger partial charge is 0.416 e. The zero-order chi connectivity index (χ0) is 25.6. The van der Waals surface area contributed by atoms with Gasteiger partial charge in [-0.2, -0.15) is 13.2 Å². The van der Waals surface area contributed by atoms with E-state index in [1.165, 1.54) is 25.3 Å². The molecule has 4 nitrogen and oxygen atoms in total. The molecule has 4 aliphatic rings. The Morgan fingerprint density at radius 1 is 1.09 bits per heavy atom. The predicted molar refractivity (Wildman–Crippen MR) is 133 cm³/mol. The van der Waals surface area contributed by atoms with Gasteiger partial charge in [0, 0.05) is 31.1 Å². The van der Waals surface area contributed by atoms with Crippen molar-refractivity contribution in [2.75, 3.05) is 19.8 Å². The number of hydrogen-bond donors (Lipinski definition) is 1. The number of nitrogens with zero attached hydrogens (tertiary/aromatic N) is 1. The monoisotopic (exact) mass is 494 g/mol. The second-order valence-electron chi connectivity index (χ2n) is 10.2. The lowest BCUT2D eigenvalue weighted by Gasteiger charge is -2.34. The van der Waals surface area contributed by atoms with Crippen molar-refractivity contribution in [1.82, 2.24) is 10.2 Å². The van der Waals surface area contributed by atoms with Gasteiger partial charge in [0.2, 0.25) is 5.91 Å². The van der Waals surface area contributed by atoms with Crippen molar-refractivity contribution in [3.63, 3.8) is 0 Å². The summed E-state index contributed by atoms with van der Waals surface area (Å²) in [5.41, 5.74) is 0.927. The first kappa shape index (κ1) is 27.7. The van der Waals surface area contributed by atoms with Gasteiger partial charge in [0.25, 0.3) is 0 Å². The third-order valence-corrected chi connectivity index (χ3v) is 7.66. The molecule has 2 saturated carbocycles. The second-order valence-corrected chi connectivity index (χ2v) is 10.2. The van der Waals surface area contributed by atoms with Crippen LogP contribution in [0.2, 0.25) is 0 Å². The van der Waals surface area contributed by atoms with Crippen LogP contribution < -0.4 is 5.32 Å². The maximum absolute atomic E-state index is 13.1. The van der Waals surface area contributed by atoms with Crippen LogP contribution in [0.15, 0.2) is 31.4 Å². The molecule has 35 heavy (non-hydrogen) atoms. The summed E-state index contributed by atoms with van der Waals surface area (Å²) in [5.74, 6) is 1.28. The first-order valence-electron chi connectivity index (χ1n) is 13.1. The molecule has 1 amide bonds. The number of hydrogen-bond acceptors (Lipinski definition) is 3. The second kappa shape index (κ2) is 12.4. The van der Waals surface area contributed by atoms with Crippen molar-refractivity contribution in [2.45, 2.75) is 83.6 Å². The van der Waals surface area contributed by atoms with Gasteiger partial charge in [0.1, 0.15) is 0 Å². The third kappa shape index (κ3) is 6.67. The molecule has 0 radical (unpaired) electrons. The minimum absolute atomic E-state index is 0.0210. The predicted octanol–water partition coefficient (Wildman–Crippen LogP) is 5.99. The van der Waals surface area contributed by atoms with Crippen LogP contribution in [0.4, 0.5) is 13.2 Å². The van der Waals surface area contributed by atoms with Gasteiger partial charge in [0.15, 0.2) is 0 Å². The summed E-state index contributed by atoms with van der Waals surface area (Å²) < 4.78 is 44.9. The fourth-order valence-electron chi connectivity index (χ4n) is 6.00. The number of rotatable bonds is 3. The summed E-state index contributed by atoms with van der Waals surface area (Å²) in [4.78, 5) is 14.9. The van der Waals surface area contributed by atoms with Crippen molar-refractivity contribution in [1.29, 1.82) is 0 Å². The molecule has 1 aromatic rings. The van der Waals surface area contributed by atoms with E-state index in [0.29, 0.717) is 42.4 Å². The molecular weight excluding hydrogens is 453 g/mol. The van der Waals surface area contributed by atoms with Crippen molar-refractivity contribution in [3.05, 3.63) is 48.0 Å². The van der Waals surface area contributed by atoms with Crippen LogP contribution in [0.1, 0.15) is 69.1 Å². The first-order chi connectivity index (χ1) is 16.8. The van der Waals surface area contributed by atoms with Crippen molar-refractivity contribution in [2.24, 2.45) is 17.8 Å². The highest BCUT2D eigenvalue weighted by molar-refractivity contribution is 5.79. The molecule has 3 fully saturated rings. The van der Waals surface area contributed by atoms with Gasteiger partial charge in [-0.15, -0.1) is 13.2 Å². The van der Waals surface area contributed by atoms with E-state index in [9.17, 15) is 18.0 Å². The third-order valence-electron chi connectivity index (χ3n) is 7.66. The van der Waals surface area contributed by atoms with Crippen LogP contribution >= 0.6 is 0 Å². The Bertz CT molecular complexity index is 828. The maximum Gasteiger partial charge on any atom is 0.416 e. The van der Waals surface area contributed by atoms with Gasteiger partial charge < -0.3 is 15.0 Å². The van der Waals surface area contributed by atoms with Crippen LogP contribution in [0.25, 0.3) is 0 Å². The molecule has 4 atom stereocenters. The minimum Gasteiger partial charge on any atom is -0.381 e. The molecule has 2 unspecified atom stereocenters. The lowest BCUT2D eigenvalue weighted by Crippen LogP contribution is -2.48. The Kier molecular flexibility index (Phi) is 9.82. The number of carbonyl (C=O) groups is 1. The fraction of sp³-hybridized carbons (Fsp3) is 0.679. The number of halogens is 3. The Morgan fingerprint density at radius 2 is 1.74 bits per heavy atom. The number of alkyl halides is 3. The van der Waals surface area contributed by atoms with Crippen LogP contribution in [0.3, 0.4) is 0 Å². The van der Waals surface area contributed by atoms with E-state index in [4.69, 9.17) is 4.74 Å². The molecule has 1 N–H and O–H groups in total. The molecule has 2 heterocycles. The Hall–Kier alpha value is -1.86. The molecule has 2 bridgehead atoms. The van der Waals surface area contributed by atoms with Gasteiger partial charge in [-0.25, -0.2) is 0 Å². The topological polar surface area (TPSA) is 41.6 Å². The van der Waals surface area contributed by atoms with Gasteiger partial charge in [0.05, 0.1) is 18.8 Å². The number of nitrogens with one attached hydrogen (secondary N) is 1. The van der Waals surface area contributed by atoms with E-state index in [2.05, 4.69) is 32.3 Å². The van der Waals surface area contributed by atoms with Gasteiger partial charge in [-0.1, -0.05) is 26.3 Å². The average Bonchev–Trinajstić information content (AvgIpc) is 3.39. The average molecular weight is 495 g/mol. The summed E-state index contributed by atoms with van der Waals surface area (Å²) in [6.45, 7) is 12.8. The SMILES string of the molecule is C=C.CCC.O=C([C@H]1CC[C@@H](NC2C3CCC2COC3)C1)N1CCc2ccc(C(F)(F)F)cc2C1. The smallest absolute Gasteiger partial charge is 0.381 e. The Morgan fingerprint density at radius 3 is 2.37 bits per heavy atom. The zero-order valence-electron chi connectivity index (χ0n) is 21.2. The summed E-state index contributed by atoms with van der Waals surface area (Å²) >= 11 is 0. The number of benzene rings is 1. The van der Waals surface area contributed by atoms with Crippen LogP contribution in [0.5, 0.6) is 0 Å². The van der Waals surface area contributed by atoms with Crippen LogP contribution in [0, 0.1) is 17.8 Å². The molecule has 5 rings (SSSR count). The Labute approximate surface area is 208 Å². The number of fused-ring (bicyclic) bond motifs is 3. The van der Waals surface area contributed by atoms with Crippen LogP contribution in [-0.2, 0) is 28.7 Å². The van der Waals surface area contributed by atoms with Crippen molar-refractivity contribution in [3.8, 4) is 0 Å². The maximum atomic E-state index is 13.1. The number of carbonyl (C=O) groups excluding carboxylic acids is 1. The highest BCUT2D eigenvalue weighted by atomic mass is 19.4. The normalized spacial score (nSPS) is 29.4. The summed E-state index contributed by atoms with van der Waals surface area (Å²) in [6.07, 6.45) is 2.67. The lowest BCUT2D eigenvalue weighted by molar-refractivity contribution is -0.137. The van der Waals surface area contributed by atoms with E-state index in [1.807, 2.05) is 0 Å². The van der Waals surface area contributed by atoms with Crippen molar-refractivity contribution < 1.29 is 22.7 Å². The van der Waals surface area contributed by atoms with E-state index < -0.39 is 11.7 Å². The molecule has 1 saturated heterocycles. The van der Waals surface area contributed by atoms with Gasteiger partial charge >= 0.3 is 6.18 Å². The van der Waals surface area contributed by atoms with Gasteiger partial charge in [-0.3, -0.25) is 4.79 Å². The molecular formula is C28H41F3N2O2. The number of ether oxygens (including phenoxy) is 1. The summed E-state index contributed by atoms with van der Waals surface area (Å²) in [5, 5.41) is 3.83. The molecule has 1 aromatic carbocycles. The highest BCUT2D eigenvalue weighted by Crippen LogP contribution is 2.38. The fourth-order valence-corrected chi connectivity index (χ4v) is 6.00. The Balaban J connectivity index is 0.000000638. The molecule has 0 spiro atoms. The molecule has 2 aliphatic heterocycles. The summed E-state index contributed by atoms with van der Waals surface area (Å²) in [6, 6.07) is 4.80. The van der Waals surface area contributed by atoms with E-state index in [-0.39, 0.29) is 18.4 Å². The zero-order valence-corrected chi connectivity index (χ0v) is 21.2. The van der Waals surface area contributed by atoms with E-state index >= 15 is 0 Å². The van der Waals surface area contributed by atoms with Crippen LogP contribution in [-0.4, -0.2) is 42.6 Å². The first-order valence-corrected chi connectivity index (χ1v) is 13.1. The molecule has 196 valence electrons. The summed E-state index contributed by atoms with van der Waals surface area (Å²) in [7, 11) is 0. The molecule has 2 aliphatic carbocycles. The quantitative estimate of drug-likeness (QED) is 0.525. The highest BCUT2D eigenvalue weighted by Gasteiger charge is 2.42. The van der Waals surface area contributed by atoms with Crippen molar-refractivity contribution >= 4 is 5.91 Å². The van der Waals surface area contributed by atoms with Gasteiger partial charge in [-0.05, 0) is 73.6 Å². The minimum atomic E-state index is -4.35. The lowest BCUT2D eigenvalue weighted by atomic mass is 9.94.